The van der Waals surface area contributed by atoms with Crippen LogP contribution in [0.5, 0.6) is 0 Å². The number of aliphatic hydroxyl groups excluding tert-OH is 1. The summed E-state index contributed by atoms with van der Waals surface area (Å²) in [5.41, 5.74) is 0.775. The maximum atomic E-state index is 11.7. The molecule has 21 heavy (non-hydrogen) atoms. The second kappa shape index (κ2) is 7.59. The van der Waals surface area contributed by atoms with Crippen LogP contribution in [0.1, 0.15) is 35.9 Å². The molecule has 0 fully saturated rings. The zero-order chi connectivity index (χ0) is 16.0. The minimum absolute atomic E-state index is 0.0403. The van der Waals surface area contributed by atoms with Crippen molar-refractivity contribution in [2.45, 2.75) is 20.0 Å². The summed E-state index contributed by atoms with van der Waals surface area (Å²) in [6, 6.07) is 6.10. The van der Waals surface area contributed by atoms with E-state index < -0.39 is 18.0 Å². The van der Waals surface area contributed by atoms with E-state index in [0.717, 1.165) is 0 Å². The average molecular weight is 292 g/mol. The number of carbonyl (C=O) groups excluding carboxylic acids is 2. The monoisotopic (exact) mass is 292 g/mol. The number of ether oxygens (including phenoxy) is 2. The lowest BCUT2D eigenvalue weighted by atomic mass is 10.0. The highest BCUT2D eigenvalue weighted by molar-refractivity contribution is 5.90. The van der Waals surface area contributed by atoms with Crippen LogP contribution in [0.3, 0.4) is 0 Å². The minimum Gasteiger partial charge on any atom is -0.465 e. The molecule has 0 heterocycles. The molecule has 1 rings (SSSR count). The lowest BCUT2D eigenvalue weighted by Crippen LogP contribution is -2.16. The number of esters is 2. The number of methoxy groups -OCH3 is 1. The molecule has 0 spiro atoms. The van der Waals surface area contributed by atoms with Gasteiger partial charge in [-0.2, -0.15) is 0 Å². The van der Waals surface area contributed by atoms with E-state index in [2.05, 4.69) is 11.3 Å². The molecule has 1 N–H and O–H groups in total. The van der Waals surface area contributed by atoms with Crippen LogP contribution < -0.4 is 0 Å². The van der Waals surface area contributed by atoms with E-state index >= 15 is 0 Å². The smallest absolute Gasteiger partial charge is 0.337 e. The van der Waals surface area contributed by atoms with Crippen molar-refractivity contribution in [1.82, 2.24) is 0 Å². The van der Waals surface area contributed by atoms with E-state index in [1.807, 2.05) is 13.8 Å². The van der Waals surface area contributed by atoms with Crippen molar-refractivity contribution in [3.05, 3.63) is 47.5 Å². The molecule has 5 heteroatoms. The summed E-state index contributed by atoms with van der Waals surface area (Å²) in [6.45, 7) is 7.67. The minimum atomic E-state index is -1.17. The molecule has 114 valence electrons. The largest absolute Gasteiger partial charge is 0.465 e. The van der Waals surface area contributed by atoms with E-state index in [-0.39, 0.29) is 18.1 Å². The molecule has 0 aromatic heterocycles. The number of aliphatic hydroxyl groups is 1. The van der Waals surface area contributed by atoms with Gasteiger partial charge in [0.2, 0.25) is 0 Å². The highest BCUT2D eigenvalue weighted by Crippen LogP contribution is 2.22. The summed E-state index contributed by atoms with van der Waals surface area (Å²) in [7, 11) is 1.29. The normalized spacial score (nSPS) is 11.9. The molecule has 0 saturated carbocycles. The van der Waals surface area contributed by atoms with Crippen molar-refractivity contribution in [1.29, 1.82) is 0 Å². The Kier molecular flexibility index (Phi) is 6.11. The molecule has 5 nitrogen and oxygen atoms in total. The van der Waals surface area contributed by atoms with Crippen molar-refractivity contribution < 1.29 is 24.2 Å². The molecule has 0 aliphatic heterocycles. The first-order valence-corrected chi connectivity index (χ1v) is 6.59. The predicted molar refractivity (Wildman–Crippen MR) is 77.7 cm³/mol. The van der Waals surface area contributed by atoms with Crippen LogP contribution in [0.25, 0.3) is 0 Å². The molecule has 0 bridgehead atoms. The van der Waals surface area contributed by atoms with Crippen LogP contribution in [0.2, 0.25) is 0 Å². The molecular formula is C16H20O5. The van der Waals surface area contributed by atoms with Gasteiger partial charge in [0.1, 0.15) is 6.10 Å². The van der Waals surface area contributed by atoms with Gasteiger partial charge >= 0.3 is 11.9 Å². The number of carbonyl (C=O) groups is 2. The Morgan fingerprint density at radius 3 is 2.29 bits per heavy atom. The Hall–Kier alpha value is -2.14. The molecule has 0 radical (unpaired) electrons. The van der Waals surface area contributed by atoms with Crippen molar-refractivity contribution in [2.75, 3.05) is 13.7 Å². The van der Waals surface area contributed by atoms with Gasteiger partial charge in [0.15, 0.2) is 0 Å². The Balaban J connectivity index is 2.74. The van der Waals surface area contributed by atoms with Gasteiger partial charge in [0.25, 0.3) is 0 Å². The fourth-order valence-corrected chi connectivity index (χ4v) is 1.57. The van der Waals surface area contributed by atoms with Gasteiger partial charge in [0, 0.05) is 0 Å². The average Bonchev–Trinajstić information content (AvgIpc) is 2.50. The molecule has 1 atom stereocenters. The van der Waals surface area contributed by atoms with Crippen molar-refractivity contribution in [3.63, 3.8) is 0 Å². The molecular weight excluding hydrogens is 272 g/mol. The summed E-state index contributed by atoms with van der Waals surface area (Å²) in [6.07, 6.45) is -1.17. The van der Waals surface area contributed by atoms with Gasteiger partial charge in [-0.15, -0.1) is 0 Å². The van der Waals surface area contributed by atoms with Gasteiger partial charge in [0.05, 0.1) is 24.9 Å². The van der Waals surface area contributed by atoms with E-state index in [4.69, 9.17) is 4.74 Å². The highest BCUT2D eigenvalue weighted by Gasteiger charge is 2.20. The summed E-state index contributed by atoms with van der Waals surface area (Å²) in [5.74, 6) is -0.891. The first-order chi connectivity index (χ1) is 9.86. The van der Waals surface area contributed by atoms with E-state index in [9.17, 15) is 14.7 Å². The third-order valence-corrected chi connectivity index (χ3v) is 2.79. The molecule has 0 amide bonds. The first kappa shape index (κ1) is 16.9. The van der Waals surface area contributed by atoms with Crippen LogP contribution in [0, 0.1) is 5.92 Å². The first-order valence-electron chi connectivity index (χ1n) is 6.59. The van der Waals surface area contributed by atoms with Crippen LogP contribution in [-0.4, -0.2) is 30.8 Å². The standard InChI is InChI=1S/C16H20O5/c1-10(2)9-21-15(18)11(3)14(17)12-5-7-13(8-6-12)16(19)20-4/h5-8,10,14,17H,3,9H2,1-2,4H3. The molecule has 0 saturated heterocycles. The summed E-state index contributed by atoms with van der Waals surface area (Å²) < 4.78 is 9.60. The summed E-state index contributed by atoms with van der Waals surface area (Å²) in [5, 5.41) is 10.1. The van der Waals surface area contributed by atoms with Crippen molar-refractivity contribution in [3.8, 4) is 0 Å². The highest BCUT2D eigenvalue weighted by atomic mass is 16.5. The maximum absolute atomic E-state index is 11.7. The number of benzene rings is 1. The number of hydrogen-bond acceptors (Lipinski definition) is 5. The quantitative estimate of drug-likeness (QED) is 0.643. The fraction of sp³-hybridized carbons (Fsp3) is 0.375. The predicted octanol–water partition coefficient (Wildman–Crippen LogP) is 2.26. The van der Waals surface area contributed by atoms with E-state index in [1.165, 1.54) is 31.4 Å². The second-order valence-corrected chi connectivity index (χ2v) is 5.03. The van der Waals surface area contributed by atoms with Crippen molar-refractivity contribution in [2.24, 2.45) is 5.92 Å². The van der Waals surface area contributed by atoms with Crippen LogP contribution in [-0.2, 0) is 14.3 Å². The molecule has 0 aliphatic rings. The maximum Gasteiger partial charge on any atom is 0.337 e. The molecule has 0 aliphatic carbocycles. The van der Waals surface area contributed by atoms with Crippen molar-refractivity contribution >= 4 is 11.9 Å². The van der Waals surface area contributed by atoms with E-state index in [1.54, 1.807) is 0 Å². The fourth-order valence-electron chi connectivity index (χ4n) is 1.57. The Bertz CT molecular complexity index is 516. The lowest BCUT2D eigenvalue weighted by Gasteiger charge is -2.14. The lowest BCUT2D eigenvalue weighted by molar-refractivity contribution is -0.141. The topological polar surface area (TPSA) is 72.8 Å². The Labute approximate surface area is 124 Å². The van der Waals surface area contributed by atoms with E-state index in [0.29, 0.717) is 11.1 Å². The third kappa shape index (κ3) is 4.72. The molecule has 1 aromatic carbocycles. The Morgan fingerprint density at radius 2 is 1.81 bits per heavy atom. The zero-order valence-electron chi connectivity index (χ0n) is 12.5. The van der Waals surface area contributed by atoms with Gasteiger partial charge in [-0.05, 0) is 23.6 Å². The van der Waals surface area contributed by atoms with Gasteiger partial charge in [-0.1, -0.05) is 32.6 Å². The van der Waals surface area contributed by atoms with Gasteiger partial charge < -0.3 is 14.6 Å². The molecule has 1 aromatic rings. The SMILES string of the molecule is C=C(C(=O)OCC(C)C)C(O)c1ccc(C(=O)OC)cc1. The van der Waals surface area contributed by atoms with Crippen LogP contribution in [0.15, 0.2) is 36.4 Å². The summed E-state index contributed by atoms with van der Waals surface area (Å²) >= 11 is 0. The number of hydrogen-bond donors (Lipinski definition) is 1. The van der Waals surface area contributed by atoms with Crippen LogP contribution >= 0.6 is 0 Å². The van der Waals surface area contributed by atoms with Crippen LogP contribution in [0.4, 0.5) is 0 Å². The molecule has 1 unspecified atom stereocenters. The zero-order valence-corrected chi connectivity index (χ0v) is 12.5. The summed E-state index contributed by atoms with van der Waals surface area (Å²) in [4.78, 5) is 23.0. The Morgan fingerprint density at radius 1 is 1.24 bits per heavy atom. The third-order valence-electron chi connectivity index (χ3n) is 2.79. The number of rotatable bonds is 6. The second-order valence-electron chi connectivity index (χ2n) is 5.03. The van der Waals surface area contributed by atoms with Gasteiger partial charge in [-0.3, -0.25) is 0 Å². The van der Waals surface area contributed by atoms with Gasteiger partial charge in [-0.25, -0.2) is 9.59 Å².